The van der Waals surface area contributed by atoms with Gasteiger partial charge in [0, 0.05) is 12.4 Å². The molecule has 2 heterocycles. The van der Waals surface area contributed by atoms with E-state index in [1.807, 2.05) is 6.07 Å². The monoisotopic (exact) mass is 386 g/mol. The van der Waals surface area contributed by atoms with Crippen LogP contribution in [0.5, 0.6) is 0 Å². The molecule has 3 aromatic rings. The number of esters is 1. The number of ether oxygens (including phenoxy) is 1. The lowest BCUT2D eigenvalue weighted by Gasteiger charge is -2.09. The van der Waals surface area contributed by atoms with Gasteiger partial charge in [0.1, 0.15) is 5.76 Å². The molecule has 0 aliphatic rings. The molecule has 2 N–H and O–H groups in total. The molecule has 0 aliphatic carbocycles. The quantitative estimate of drug-likeness (QED) is 0.625. The van der Waals surface area contributed by atoms with Crippen LogP contribution in [0.25, 0.3) is 0 Å². The van der Waals surface area contributed by atoms with Gasteiger partial charge in [0.05, 0.1) is 41.8 Å². The van der Waals surface area contributed by atoms with Crippen LogP contribution in [-0.2, 0) is 11.3 Å². The highest BCUT2D eigenvalue weighted by Crippen LogP contribution is 2.24. The number of rotatable bonds is 6. The van der Waals surface area contributed by atoms with Gasteiger partial charge in [0.25, 0.3) is 5.91 Å². The van der Waals surface area contributed by atoms with E-state index in [0.29, 0.717) is 12.5 Å². The van der Waals surface area contributed by atoms with Crippen molar-refractivity contribution in [2.24, 2.45) is 0 Å². The molecular weight excluding hydrogens is 372 g/mol. The Balaban J connectivity index is 1.66. The number of methoxy groups -OCH3 is 1. The molecular formula is C18H15ClN4O4. The minimum Gasteiger partial charge on any atom is -0.467 e. The number of amides is 1. The molecule has 0 bridgehead atoms. The van der Waals surface area contributed by atoms with Gasteiger partial charge in [0.2, 0.25) is 5.95 Å². The first-order valence-corrected chi connectivity index (χ1v) is 8.22. The summed E-state index contributed by atoms with van der Waals surface area (Å²) in [7, 11) is 1.27. The third kappa shape index (κ3) is 4.62. The molecule has 0 fully saturated rings. The highest BCUT2D eigenvalue weighted by molar-refractivity contribution is 6.34. The van der Waals surface area contributed by atoms with Gasteiger partial charge in [-0.2, -0.15) is 0 Å². The second kappa shape index (κ2) is 8.33. The van der Waals surface area contributed by atoms with Gasteiger partial charge in [-0.3, -0.25) is 4.79 Å². The van der Waals surface area contributed by atoms with Crippen molar-refractivity contribution in [2.45, 2.75) is 6.54 Å². The number of hydrogen-bond acceptors (Lipinski definition) is 7. The van der Waals surface area contributed by atoms with Crippen LogP contribution >= 0.6 is 11.6 Å². The summed E-state index contributed by atoms with van der Waals surface area (Å²) < 4.78 is 9.86. The molecule has 0 atom stereocenters. The number of carbonyl (C=O) groups is 2. The van der Waals surface area contributed by atoms with E-state index < -0.39 is 11.9 Å². The van der Waals surface area contributed by atoms with E-state index in [9.17, 15) is 9.59 Å². The lowest BCUT2D eigenvalue weighted by atomic mass is 10.2. The van der Waals surface area contributed by atoms with E-state index in [1.54, 1.807) is 12.3 Å². The fourth-order valence-corrected chi connectivity index (χ4v) is 2.34. The molecule has 0 saturated heterocycles. The molecule has 8 nitrogen and oxygen atoms in total. The summed E-state index contributed by atoms with van der Waals surface area (Å²) >= 11 is 6.07. The van der Waals surface area contributed by atoms with Crippen molar-refractivity contribution >= 4 is 35.1 Å². The first-order valence-electron chi connectivity index (χ1n) is 7.84. The molecule has 0 radical (unpaired) electrons. The van der Waals surface area contributed by atoms with Crippen LogP contribution in [0, 0.1) is 0 Å². The summed E-state index contributed by atoms with van der Waals surface area (Å²) in [6, 6.07) is 8.05. The summed E-state index contributed by atoms with van der Waals surface area (Å²) in [5.74, 6) is 0.100. The molecule has 0 aliphatic heterocycles. The molecule has 1 aromatic carbocycles. The maximum atomic E-state index is 12.4. The number of anilines is 2. The molecule has 138 valence electrons. The Kier molecular flexibility index (Phi) is 5.68. The SMILES string of the molecule is COC(=O)c1ccc(Cl)c(NC(=O)c2cnc(NCc3ccco3)nc2)c1. The molecule has 0 unspecified atom stereocenters. The molecule has 0 saturated carbocycles. The van der Waals surface area contributed by atoms with Crippen molar-refractivity contribution in [1.29, 1.82) is 0 Å². The zero-order valence-electron chi connectivity index (χ0n) is 14.2. The topological polar surface area (TPSA) is 106 Å². The van der Waals surface area contributed by atoms with Crippen molar-refractivity contribution in [3.05, 3.63) is 70.9 Å². The second-order valence-electron chi connectivity index (χ2n) is 5.37. The minimum absolute atomic E-state index is 0.234. The number of nitrogens with one attached hydrogen (secondary N) is 2. The zero-order chi connectivity index (χ0) is 19.2. The first kappa shape index (κ1) is 18.4. The minimum atomic E-state index is -0.530. The summed E-state index contributed by atoms with van der Waals surface area (Å²) in [6.07, 6.45) is 4.33. The molecule has 3 rings (SSSR count). The van der Waals surface area contributed by atoms with Crippen LogP contribution in [0.2, 0.25) is 5.02 Å². The van der Waals surface area contributed by atoms with Crippen molar-refractivity contribution < 1.29 is 18.7 Å². The van der Waals surface area contributed by atoms with Gasteiger partial charge in [-0.1, -0.05) is 11.6 Å². The number of hydrogen-bond donors (Lipinski definition) is 2. The van der Waals surface area contributed by atoms with E-state index in [1.165, 1.54) is 37.7 Å². The lowest BCUT2D eigenvalue weighted by Crippen LogP contribution is -2.14. The highest BCUT2D eigenvalue weighted by atomic mass is 35.5. The predicted octanol–water partition coefficient (Wildman–Crippen LogP) is 3.37. The molecule has 1 amide bonds. The third-order valence-corrected chi connectivity index (χ3v) is 3.88. The smallest absolute Gasteiger partial charge is 0.337 e. The molecule has 9 heteroatoms. The maximum absolute atomic E-state index is 12.4. The van der Waals surface area contributed by atoms with Gasteiger partial charge in [-0.15, -0.1) is 0 Å². The van der Waals surface area contributed by atoms with Gasteiger partial charge >= 0.3 is 5.97 Å². The Morgan fingerprint density at radius 1 is 1.19 bits per heavy atom. The van der Waals surface area contributed by atoms with Crippen LogP contribution in [0.1, 0.15) is 26.5 Å². The van der Waals surface area contributed by atoms with Crippen molar-refractivity contribution in [3.8, 4) is 0 Å². The van der Waals surface area contributed by atoms with E-state index in [0.717, 1.165) is 5.76 Å². The highest BCUT2D eigenvalue weighted by Gasteiger charge is 2.13. The number of aromatic nitrogens is 2. The Bertz CT molecular complexity index is 943. The van der Waals surface area contributed by atoms with Crippen LogP contribution < -0.4 is 10.6 Å². The number of halogens is 1. The number of nitrogens with zero attached hydrogens (tertiary/aromatic N) is 2. The Morgan fingerprint density at radius 3 is 2.63 bits per heavy atom. The number of carbonyl (C=O) groups excluding carboxylic acids is 2. The van der Waals surface area contributed by atoms with Gasteiger partial charge < -0.3 is 19.8 Å². The van der Waals surface area contributed by atoms with E-state index in [-0.39, 0.29) is 21.8 Å². The largest absolute Gasteiger partial charge is 0.467 e. The average molecular weight is 387 g/mol. The Morgan fingerprint density at radius 2 is 1.96 bits per heavy atom. The fourth-order valence-electron chi connectivity index (χ4n) is 2.18. The van der Waals surface area contributed by atoms with E-state index in [4.69, 9.17) is 16.0 Å². The molecule has 0 spiro atoms. The van der Waals surface area contributed by atoms with Crippen LogP contribution in [0.3, 0.4) is 0 Å². The van der Waals surface area contributed by atoms with Crippen LogP contribution in [-0.4, -0.2) is 29.0 Å². The summed E-state index contributed by atoms with van der Waals surface area (Å²) in [4.78, 5) is 32.2. The van der Waals surface area contributed by atoms with Crippen LogP contribution in [0.4, 0.5) is 11.6 Å². The first-order chi connectivity index (χ1) is 13.1. The average Bonchev–Trinajstić information content (AvgIpc) is 3.21. The second-order valence-corrected chi connectivity index (χ2v) is 5.78. The van der Waals surface area contributed by atoms with Crippen molar-refractivity contribution in [3.63, 3.8) is 0 Å². The third-order valence-electron chi connectivity index (χ3n) is 3.55. The summed E-state index contributed by atoms with van der Waals surface area (Å²) in [5, 5.41) is 5.89. The van der Waals surface area contributed by atoms with Gasteiger partial charge in [-0.25, -0.2) is 14.8 Å². The predicted molar refractivity (Wildman–Crippen MR) is 98.8 cm³/mol. The van der Waals surface area contributed by atoms with Gasteiger partial charge in [-0.05, 0) is 30.3 Å². The van der Waals surface area contributed by atoms with Crippen molar-refractivity contribution in [1.82, 2.24) is 9.97 Å². The summed E-state index contributed by atoms with van der Waals surface area (Å²) in [6.45, 7) is 0.425. The van der Waals surface area contributed by atoms with Gasteiger partial charge in [0.15, 0.2) is 0 Å². The van der Waals surface area contributed by atoms with E-state index in [2.05, 4.69) is 25.3 Å². The Labute approximate surface area is 159 Å². The zero-order valence-corrected chi connectivity index (χ0v) is 15.0. The fraction of sp³-hybridized carbons (Fsp3) is 0.111. The van der Waals surface area contributed by atoms with Crippen LogP contribution in [0.15, 0.2) is 53.4 Å². The molecule has 2 aromatic heterocycles. The number of furan rings is 1. The normalized spacial score (nSPS) is 10.3. The Hall–Kier alpha value is -3.39. The molecule has 27 heavy (non-hydrogen) atoms. The number of benzene rings is 1. The standard InChI is InChI=1S/C18H15ClN4O4/c1-26-17(25)11-4-5-14(19)15(7-11)23-16(24)12-8-20-18(21-9-12)22-10-13-3-2-6-27-13/h2-9H,10H2,1H3,(H,23,24)(H,20,21,22). The maximum Gasteiger partial charge on any atom is 0.337 e. The lowest BCUT2D eigenvalue weighted by molar-refractivity contribution is 0.0600. The summed E-state index contributed by atoms with van der Waals surface area (Å²) in [5.41, 5.74) is 0.786. The van der Waals surface area contributed by atoms with E-state index >= 15 is 0 Å². The van der Waals surface area contributed by atoms with Crippen molar-refractivity contribution in [2.75, 3.05) is 17.7 Å².